The number of hydrogen-bond acceptors (Lipinski definition) is 4. The largest absolute Gasteiger partial charge is 0.444 e. The van der Waals surface area contributed by atoms with E-state index in [-0.39, 0.29) is 6.61 Å². The number of nitrogens with zero attached hydrogens (tertiary/aromatic N) is 2. The molecule has 1 amide bonds. The van der Waals surface area contributed by atoms with Crippen LogP contribution in [-0.2, 0) is 18.4 Å². The van der Waals surface area contributed by atoms with Crippen molar-refractivity contribution < 1.29 is 14.3 Å². The monoisotopic (exact) mass is 447 g/mol. The maximum absolute atomic E-state index is 12.4. The second kappa shape index (κ2) is 9.58. The summed E-state index contributed by atoms with van der Waals surface area (Å²) < 4.78 is 13.3. The van der Waals surface area contributed by atoms with Crippen molar-refractivity contribution in [2.24, 2.45) is 7.05 Å². The first-order valence-electron chi connectivity index (χ1n) is 10.0. The summed E-state index contributed by atoms with van der Waals surface area (Å²) in [4.78, 5) is 12.4. The minimum atomic E-state index is -0.601. The molecule has 162 valence electrons. The average Bonchev–Trinajstić information content (AvgIpc) is 3.09. The normalized spacial score (nSPS) is 10.6. The number of hydrogen-bond donors (Lipinski definition) is 1. The maximum atomic E-state index is 12.4. The van der Waals surface area contributed by atoms with Crippen molar-refractivity contribution in [2.45, 2.75) is 13.5 Å². The molecular weight excluding hydrogens is 426 g/mol. The Kier molecular flexibility index (Phi) is 6.42. The fourth-order valence-corrected chi connectivity index (χ4v) is 3.40. The molecule has 0 radical (unpaired) electrons. The number of benzene rings is 3. The van der Waals surface area contributed by atoms with Crippen molar-refractivity contribution in [3.63, 3.8) is 0 Å². The zero-order valence-electron chi connectivity index (χ0n) is 17.7. The fourth-order valence-electron chi connectivity index (χ4n) is 3.21. The lowest BCUT2D eigenvalue weighted by Crippen LogP contribution is -2.13. The topological polar surface area (TPSA) is 65.4 Å². The van der Waals surface area contributed by atoms with Gasteiger partial charge in [-0.3, -0.25) is 5.32 Å². The van der Waals surface area contributed by atoms with Crippen LogP contribution in [0.2, 0.25) is 5.02 Å². The molecule has 7 heteroatoms. The fraction of sp³-hybridized carbons (Fsp3) is 0.120. The second-order valence-corrected chi connectivity index (χ2v) is 7.68. The maximum Gasteiger partial charge on any atom is 0.411 e. The number of rotatable bonds is 6. The van der Waals surface area contributed by atoms with Crippen LogP contribution < -0.4 is 10.1 Å². The molecular formula is C25H22ClN3O3. The molecule has 0 aliphatic rings. The van der Waals surface area contributed by atoms with Gasteiger partial charge in [0.05, 0.1) is 5.56 Å². The highest BCUT2D eigenvalue weighted by molar-refractivity contribution is 6.30. The first-order chi connectivity index (χ1) is 15.5. The third-order valence-electron chi connectivity index (χ3n) is 4.79. The van der Waals surface area contributed by atoms with Gasteiger partial charge in [0.2, 0.25) is 5.88 Å². The third-order valence-corrected chi connectivity index (χ3v) is 5.02. The van der Waals surface area contributed by atoms with Crippen LogP contribution in [0, 0.1) is 6.92 Å². The van der Waals surface area contributed by atoms with Gasteiger partial charge in [-0.05, 0) is 37.3 Å². The Labute approximate surface area is 191 Å². The zero-order valence-corrected chi connectivity index (χ0v) is 18.5. The Morgan fingerprint density at radius 1 is 1.03 bits per heavy atom. The summed E-state index contributed by atoms with van der Waals surface area (Å²) in [5, 5.41) is 7.83. The number of amides is 1. The van der Waals surface area contributed by atoms with E-state index in [4.69, 9.17) is 21.1 Å². The van der Waals surface area contributed by atoms with Crippen molar-refractivity contribution in [3.8, 4) is 22.9 Å². The number of halogens is 1. The minimum Gasteiger partial charge on any atom is -0.444 e. The predicted octanol–water partition coefficient (Wildman–Crippen LogP) is 6.59. The van der Waals surface area contributed by atoms with E-state index in [1.807, 2.05) is 61.5 Å². The summed E-state index contributed by atoms with van der Waals surface area (Å²) >= 11 is 5.98. The number of nitrogens with one attached hydrogen (secondary N) is 1. The lowest BCUT2D eigenvalue weighted by Gasteiger charge is -2.11. The van der Waals surface area contributed by atoms with Crippen LogP contribution in [0.1, 0.15) is 11.1 Å². The molecule has 0 saturated heterocycles. The average molecular weight is 448 g/mol. The summed E-state index contributed by atoms with van der Waals surface area (Å²) in [6.45, 7) is 1.99. The zero-order chi connectivity index (χ0) is 22.5. The van der Waals surface area contributed by atoms with E-state index in [1.54, 1.807) is 36.0 Å². The summed E-state index contributed by atoms with van der Waals surface area (Å²) in [6, 6.07) is 24.3. The first-order valence-corrected chi connectivity index (χ1v) is 10.4. The summed E-state index contributed by atoms with van der Waals surface area (Å²) in [5.74, 6) is 1.17. The van der Waals surface area contributed by atoms with E-state index >= 15 is 0 Å². The van der Waals surface area contributed by atoms with Crippen LogP contribution in [0.25, 0.3) is 11.3 Å². The van der Waals surface area contributed by atoms with Crippen molar-refractivity contribution in [2.75, 3.05) is 5.32 Å². The van der Waals surface area contributed by atoms with Gasteiger partial charge < -0.3 is 9.47 Å². The van der Waals surface area contributed by atoms with Gasteiger partial charge in [0.15, 0.2) is 0 Å². The smallest absolute Gasteiger partial charge is 0.411 e. The molecule has 0 saturated carbocycles. The number of aromatic nitrogens is 2. The van der Waals surface area contributed by atoms with Crippen LogP contribution in [0.5, 0.6) is 11.6 Å². The highest BCUT2D eigenvalue weighted by Gasteiger charge is 2.21. The number of anilines is 1. The van der Waals surface area contributed by atoms with E-state index in [0.29, 0.717) is 33.6 Å². The first kappa shape index (κ1) is 21.5. The molecule has 0 aliphatic carbocycles. The summed E-state index contributed by atoms with van der Waals surface area (Å²) in [7, 11) is 1.80. The Balaban J connectivity index is 1.60. The molecule has 6 nitrogen and oxygen atoms in total. The van der Waals surface area contributed by atoms with Gasteiger partial charge >= 0.3 is 6.09 Å². The lowest BCUT2D eigenvalue weighted by molar-refractivity contribution is 0.154. The SMILES string of the molecule is Cc1ccc(Oc2c(COC(=O)Nc3cccc(Cl)c3)c(-c3ccccc3)nn2C)cc1. The summed E-state index contributed by atoms with van der Waals surface area (Å²) in [5.41, 5.74) is 3.93. The molecule has 0 fully saturated rings. The Morgan fingerprint density at radius 3 is 2.50 bits per heavy atom. The van der Waals surface area contributed by atoms with Gasteiger partial charge in [0.25, 0.3) is 0 Å². The van der Waals surface area contributed by atoms with Crippen molar-refractivity contribution >= 4 is 23.4 Å². The lowest BCUT2D eigenvalue weighted by atomic mass is 10.1. The molecule has 0 spiro atoms. The van der Waals surface area contributed by atoms with Gasteiger partial charge in [-0.2, -0.15) is 5.10 Å². The van der Waals surface area contributed by atoms with Crippen LogP contribution in [-0.4, -0.2) is 15.9 Å². The minimum absolute atomic E-state index is 0.0222. The van der Waals surface area contributed by atoms with Crippen molar-refractivity contribution in [3.05, 3.63) is 95.0 Å². The van der Waals surface area contributed by atoms with Crippen molar-refractivity contribution in [1.82, 2.24) is 9.78 Å². The van der Waals surface area contributed by atoms with Gasteiger partial charge in [-0.25, -0.2) is 9.48 Å². The number of ether oxygens (including phenoxy) is 2. The highest BCUT2D eigenvalue weighted by atomic mass is 35.5. The molecule has 4 rings (SSSR count). The molecule has 1 N–H and O–H groups in total. The van der Waals surface area contributed by atoms with Gasteiger partial charge in [-0.15, -0.1) is 0 Å². The Morgan fingerprint density at radius 2 is 1.78 bits per heavy atom. The molecule has 32 heavy (non-hydrogen) atoms. The van der Waals surface area contributed by atoms with E-state index < -0.39 is 6.09 Å². The molecule has 0 bridgehead atoms. The van der Waals surface area contributed by atoms with E-state index in [9.17, 15) is 4.79 Å². The standard InChI is InChI=1S/C25H22ClN3O3/c1-17-11-13-21(14-12-17)32-24-22(23(28-29(24)2)18-7-4-3-5-8-18)16-31-25(30)27-20-10-6-9-19(26)15-20/h3-15H,16H2,1-2H3,(H,27,30). The molecule has 3 aromatic carbocycles. The van der Waals surface area contributed by atoms with E-state index in [2.05, 4.69) is 10.4 Å². The molecule has 0 unspecified atom stereocenters. The van der Waals surface area contributed by atoms with Crippen LogP contribution in [0.15, 0.2) is 78.9 Å². The number of aryl methyl sites for hydroxylation is 2. The number of carbonyl (C=O) groups excluding carboxylic acids is 1. The van der Waals surface area contributed by atoms with E-state index in [1.165, 1.54) is 0 Å². The second-order valence-electron chi connectivity index (χ2n) is 7.25. The number of carbonyl (C=O) groups is 1. The van der Waals surface area contributed by atoms with Gasteiger partial charge in [0.1, 0.15) is 18.1 Å². The summed E-state index contributed by atoms with van der Waals surface area (Å²) in [6.07, 6.45) is -0.601. The van der Waals surface area contributed by atoms with Crippen molar-refractivity contribution in [1.29, 1.82) is 0 Å². The molecule has 0 aliphatic heterocycles. The van der Waals surface area contributed by atoms with Crippen LogP contribution in [0.3, 0.4) is 0 Å². The highest BCUT2D eigenvalue weighted by Crippen LogP contribution is 2.33. The quantitative estimate of drug-likeness (QED) is 0.362. The molecule has 0 atom stereocenters. The molecule has 4 aromatic rings. The Hall–Kier alpha value is -3.77. The Bertz CT molecular complexity index is 1220. The van der Waals surface area contributed by atoms with Gasteiger partial charge in [0, 0.05) is 23.3 Å². The molecule has 1 aromatic heterocycles. The molecule has 1 heterocycles. The van der Waals surface area contributed by atoms with Crippen LogP contribution in [0.4, 0.5) is 10.5 Å². The predicted molar refractivity (Wildman–Crippen MR) is 125 cm³/mol. The third kappa shape index (κ3) is 5.10. The van der Waals surface area contributed by atoms with Crippen LogP contribution >= 0.6 is 11.6 Å². The van der Waals surface area contributed by atoms with Gasteiger partial charge in [-0.1, -0.05) is 65.7 Å². The van der Waals surface area contributed by atoms with E-state index in [0.717, 1.165) is 11.1 Å².